The van der Waals surface area contributed by atoms with E-state index in [2.05, 4.69) is 14.8 Å². The van der Waals surface area contributed by atoms with Gasteiger partial charge in [-0.3, -0.25) is 4.68 Å². The molecule has 0 radical (unpaired) electrons. The van der Waals surface area contributed by atoms with E-state index in [0.29, 0.717) is 29.2 Å². The Balaban J connectivity index is 2.01. The first-order valence-electron chi connectivity index (χ1n) is 7.22. The number of nitrogens with zero attached hydrogens (tertiary/aromatic N) is 3. The molecule has 3 rings (SSSR count). The fourth-order valence-corrected chi connectivity index (χ4v) is 2.30. The summed E-state index contributed by atoms with van der Waals surface area (Å²) < 4.78 is 36.8. The van der Waals surface area contributed by atoms with E-state index in [1.165, 1.54) is 13.2 Å². The van der Waals surface area contributed by atoms with Crippen LogP contribution in [0.4, 0.5) is 8.78 Å². The number of alkyl halides is 2. The topological polar surface area (TPSA) is 49.2 Å². The average molecular weight is 331 g/mol. The standard InChI is InChI=1S/C17H15F2N3O2/c1-23-14-5-2-4-12(10-14)16-15(24-17(18)19)7-6-13(21-16)11-22-9-3-8-20-22/h2-10,17H,11H2,1H3. The molecule has 2 heterocycles. The first-order valence-corrected chi connectivity index (χ1v) is 7.22. The van der Waals surface area contributed by atoms with Crippen molar-refractivity contribution in [2.24, 2.45) is 0 Å². The fraction of sp³-hybridized carbons (Fsp3) is 0.176. The van der Waals surface area contributed by atoms with Crippen molar-refractivity contribution in [3.8, 4) is 22.8 Å². The molecule has 3 aromatic rings. The van der Waals surface area contributed by atoms with Crippen molar-refractivity contribution in [2.75, 3.05) is 7.11 Å². The lowest BCUT2D eigenvalue weighted by Crippen LogP contribution is -2.07. The minimum absolute atomic E-state index is 0.0162. The summed E-state index contributed by atoms with van der Waals surface area (Å²) >= 11 is 0. The molecule has 0 bridgehead atoms. The molecule has 0 aliphatic carbocycles. The molecule has 5 nitrogen and oxygen atoms in total. The number of hydrogen-bond donors (Lipinski definition) is 0. The van der Waals surface area contributed by atoms with E-state index in [-0.39, 0.29) is 5.75 Å². The zero-order valence-electron chi connectivity index (χ0n) is 12.9. The van der Waals surface area contributed by atoms with Gasteiger partial charge in [0.05, 0.1) is 19.3 Å². The van der Waals surface area contributed by atoms with Gasteiger partial charge in [0.25, 0.3) is 0 Å². The van der Waals surface area contributed by atoms with Gasteiger partial charge < -0.3 is 9.47 Å². The molecule has 0 saturated carbocycles. The first kappa shape index (κ1) is 15.9. The highest BCUT2D eigenvalue weighted by atomic mass is 19.3. The highest BCUT2D eigenvalue weighted by Gasteiger charge is 2.14. The molecule has 0 aliphatic rings. The van der Waals surface area contributed by atoms with Gasteiger partial charge in [0.15, 0.2) is 5.75 Å². The van der Waals surface area contributed by atoms with Gasteiger partial charge in [-0.05, 0) is 30.3 Å². The molecular weight excluding hydrogens is 316 g/mol. The van der Waals surface area contributed by atoms with Crippen LogP contribution in [0, 0.1) is 0 Å². The number of pyridine rings is 1. The number of ether oxygens (including phenoxy) is 2. The second-order valence-electron chi connectivity index (χ2n) is 4.96. The summed E-state index contributed by atoms with van der Waals surface area (Å²) in [6, 6.07) is 12.0. The third kappa shape index (κ3) is 3.68. The van der Waals surface area contributed by atoms with Crippen LogP contribution in [0.15, 0.2) is 54.9 Å². The van der Waals surface area contributed by atoms with Gasteiger partial charge in [-0.15, -0.1) is 0 Å². The van der Waals surface area contributed by atoms with E-state index in [1.807, 2.05) is 0 Å². The van der Waals surface area contributed by atoms with Crippen molar-refractivity contribution in [1.82, 2.24) is 14.8 Å². The molecule has 1 aromatic carbocycles. The number of hydrogen-bond acceptors (Lipinski definition) is 4. The van der Waals surface area contributed by atoms with E-state index < -0.39 is 6.61 Å². The van der Waals surface area contributed by atoms with Crippen LogP contribution in [0.1, 0.15) is 5.69 Å². The molecule has 0 saturated heterocycles. The molecule has 0 aliphatic heterocycles. The van der Waals surface area contributed by atoms with Crippen molar-refractivity contribution in [2.45, 2.75) is 13.2 Å². The second kappa shape index (κ2) is 7.08. The molecule has 2 aromatic heterocycles. The van der Waals surface area contributed by atoms with E-state index in [4.69, 9.17) is 4.74 Å². The Morgan fingerprint density at radius 2 is 2.04 bits per heavy atom. The third-order valence-electron chi connectivity index (χ3n) is 3.36. The van der Waals surface area contributed by atoms with Crippen LogP contribution >= 0.6 is 0 Å². The lowest BCUT2D eigenvalue weighted by Gasteiger charge is -2.13. The highest BCUT2D eigenvalue weighted by Crippen LogP contribution is 2.31. The Hall–Kier alpha value is -2.96. The maximum absolute atomic E-state index is 12.7. The van der Waals surface area contributed by atoms with Crippen LogP contribution in [0.25, 0.3) is 11.3 Å². The molecule has 0 atom stereocenters. The lowest BCUT2D eigenvalue weighted by molar-refractivity contribution is -0.0496. The summed E-state index contributed by atoms with van der Waals surface area (Å²) in [5.74, 6) is 0.622. The fourth-order valence-electron chi connectivity index (χ4n) is 2.30. The van der Waals surface area contributed by atoms with Gasteiger partial charge in [-0.2, -0.15) is 13.9 Å². The number of rotatable bonds is 6. The van der Waals surface area contributed by atoms with Gasteiger partial charge >= 0.3 is 6.61 Å². The van der Waals surface area contributed by atoms with Crippen molar-refractivity contribution in [3.63, 3.8) is 0 Å². The lowest BCUT2D eigenvalue weighted by atomic mass is 10.1. The van der Waals surface area contributed by atoms with Crippen LogP contribution in [0.5, 0.6) is 11.5 Å². The van der Waals surface area contributed by atoms with Crippen molar-refractivity contribution in [1.29, 1.82) is 0 Å². The van der Waals surface area contributed by atoms with E-state index >= 15 is 0 Å². The molecular formula is C17H15F2N3O2. The molecule has 24 heavy (non-hydrogen) atoms. The number of benzene rings is 1. The van der Waals surface area contributed by atoms with Gasteiger partial charge in [0.2, 0.25) is 0 Å². The minimum atomic E-state index is -2.92. The molecule has 0 spiro atoms. The maximum Gasteiger partial charge on any atom is 0.387 e. The Bertz CT molecular complexity index is 807. The quantitative estimate of drug-likeness (QED) is 0.692. The number of halogens is 2. The Morgan fingerprint density at radius 3 is 2.75 bits per heavy atom. The van der Waals surface area contributed by atoms with E-state index in [1.54, 1.807) is 53.5 Å². The summed E-state index contributed by atoms with van der Waals surface area (Å²) in [6.45, 7) is -2.49. The van der Waals surface area contributed by atoms with Crippen LogP contribution < -0.4 is 9.47 Å². The zero-order chi connectivity index (χ0) is 16.9. The molecule has 7 heteroatoms. The largest absolute Gasteiger partial charge is 0.497 e. The zero-order valence-corrected chi connectivity index (χ0v) is 12.9. The predicted molar refractivity (Wildman–Crippen MR) is 84.2 cm³/mol. The van der Waals surface area contributed by atoms with E-state index in [0.717, 1.165) is 0 Å². The Morgan fingerprint density at radius 1 is 1.17 bits per heavy atom. The smallest absolute Gasteiger partial charge is 0.387 e. The van der Waals surface area contributed by atoms with Crippen LogP contribution in [-0.2, 0) is 6.54 Å². The summed E-state index contributed by atoms with van der Waals surface area (Å²) in [6.07, 6.45) is 3.47. The summed E-state index contributed by atoms with van der Waals surface area (Å²) in [7, 11) is 1.54. The molecule has 0 amide bonds. The Kier molecular flexibility index (Phi) is 4.69. The number of methoxy groups -OCH3 is 1. The summed E-state index contributed by atoms with van der Waals surface area (Å²) in [4.78, 5) is 4.47. The van der Waals surface area contributed by atoms with E-state index in [9.17, 15) is 8.78 Å². The van der Waals surface area contributed by atoms with Crippen molar-refractivity contribution >= 4 is 0 Å². The van der Waals surface area contributed by atoms with Crippen LogP contribution in [0.2, 0.25) is 0 Å². The highest BCUT2D eigenvalue weighted by molar-refractivity contribution is 5.67. The van der Waals surface area contributed by atoms with Crippen molar-refractivity contribution in [3.05, 3.63) is 60.6 Å². The molecule has 0 fully saturated rings. The minimum Gasteiger partial charge on any atom is -0.497 e. The van der Waals surface area contributed by atoms with Gasteiger partial charge in [0.1, 0.15) is 11.4 Å². The maximum atomic E-state index is 12.7. The first-order chi connectivity index (χ1) is 11.7. The Labute approximate surface area is 137 Å². The second-order valence-corrected chi connectivity index (χ2v) is 4.96. The van der Waals surface area contributed by atoms with Crippen molar-refractivity contribution < 1.29 is 18.3 Å². The number of aromatic nitrogens is 3. The molecule has 124 valence electrons. The SMILES string of the molecule is COc1cccc(-c2nc(Cn3cccn3)ccc2OC(F)F)c1. The summed E-state index contributed by atoms with van der Waals surface area (Å²) in [5.41, 5.74) is 1.64. The predicted octanol–water partition coefficient (Wildman–Crippen LogP) is 3.60. The van der Waals surface area contributed by atoms with Gasteiger partial charge in [-0.1, -0.05) is 12.1 Å². The van der Waals surface area contributed by atoms with Crippen LogP contribution in [0.3, 0.4) is 0 Å². The van der Waals surface area contributed by atoms with Gasteiger partial charge in [0, 0.05) is 18.0 Å². The summed E-state index contributed by atoms with van der Waals surface area (Å²) in [5, 5.41) is 4.12. The molecule has 0 unspecified atom stereocenters. The average Bonchev–Trinajstić information content (AvgIpc) is 3.09. The molecule has 0 N–H and O–H groups in total. The van der Waals surface area contributed by atoms with Crippen LogP contribution in [-0.4, -0.2) is 28.5 Å². The normalized spacial score (nSPS) is 10.8. The monoisotopic (exact) mass is 331 g/mol. The van der Waals surface area contributed by atoms with Gasteiger partial charge in [-0.25, -0.2) is 4.98 Å². The third-order valence-corrected chi connectivity index (χ3v) is 3.36.